The van der Waals surface area contributed by atoms with E-state index in [2.05, 4.69) is 13.8 Å². The fourth-order valence-electron chi connectivity index (χ4n) is 5.60. The highest BCUT2D eigenvalue weighted by molar-refractivity contribution is 6.16. The molecule has 0 saturated carbocycles. The van der Waals surface area contributed by atoms with Gasteiger partial charge in [0.05, 0.1) is 6.61 Å². The van der Waals surface area contributed by atoms with Gasteiger partial charge in [0.15, 0.2) is 5.78 Å². The number of hydrogen-bond acceptors (Lipinski definition) is 6. The summed E-state index contributed by atoms with van der Waals surface area (Å²) in [7, 11) is 0. The van der Waals surface area contributed by atoms with E-state index >= 15 is 0 Å². The van der Waals surface area contributed by atoms with E-state index in [4.69, 9.17) is 14.2 Å². The molecule has 0 aliphatic rings. The van der Waals surface area contributed by atoms with Crippen molar-refractivity contribution in [1.29, 1.82) is 0 Å². The molecule has 1 aromatic heterocycles. The Kier molecular flexibility index (Phi) is 11.2. The Hall–Kier alpha value is -5.17. The molecule has 4 aromatic carbocycles. The van der Waals surface area contributed by atoms with Crippen LogP contribution in [0.25, 0.3) is 10.9 Å². The lowest BCUT2D eigenvalue weighted by molar-refractivity contribution is -0.153. The fraction of sp³-hybridized carbons (Fsp3) is 0.275. The summed E-state index contributed by atoms with van der Waals surface area (Å²) in [6.45, 7) is 7.16. The van der Waals surface area contributed by atoms with Crippen molar-refractivity contribution in [1.82, 2.24) is 4.57 Å². The second-order valence-electron chi connectivity index (χ2n) is 11.9. The van der Waals surface area contributed by atoms with Crippen molar-refractivity contribution in [3.8, 4) is 5.75 Å². The van der Waals surface area contributed by atoms with Crippen molar-refractivity contribution in [3.05, 3.63) is 137 Å². The number of nitrogens with zero attached hydrogens (tertiary/aromatic N) is 1. The lowest BCUT2D eigenvalue weighted by Crippen LogP contribution is -2.21. The zero-order valence-corrected chi connectivity index (χ0v) is 27.2. The highest BCUT2D eigenvalue weighted by atomic mass is 16.6. The number of carbonyl (C=O) groups excluding carboxylic acids is 3. The van der Waals surface area contributed by atoms with E-state index in [0.717, 1.165) is 22.9 Å². The first-order valence-corrected chi connectivity index (χ1v) is 16.2. The van der Waals surface area contributed by atoms with Gasteiger partial charge in [-0.3, -0.25) is 9.59 Å². The Morgan fingerprint density at radius 1 is 0.787 bits per heavy atom. The maximum Gasteiger partial charge on any atom is 0.352 e. The van der Waals surface area contributed by atoms with Crippen LogP contribution in [0.2, 0.25) is 0 Å². The van der Waals surface area contributed by atoms with Crippen LogP contribution in [0.1, 0.15) is 72.3 Å². The molecule has 1 heterocycles. The largest absolute Gasteiger partial charge is 0.474 e. The predicted molar refractivity (Wildman–Crippen MR) is 182 cm³/mol. The Labute approximate surface area is 276 Å². The van der Waals surface area contributed by atoms with Crippen LogP contribution >= 0.6 is 0 Å². The molecule has 0 fully saturated rings. The number of aryl methyl sites for hydroxylation is 1. The zero-order valence-electron chi connectivity index (χ0n) is 27.2. The van der Waals surface area contributed by atoms with Crippen LogP contribution in [0.5, 0.6) is 5.75 Å². The van der Waals surface area contributed by atoms with E-state index in [1.54, 1.807) is 31.2 Å². The van der Waals surface area contributed by atoms with Gasteiger partial charge in [0, 0.05) is 46.8 Å². The monoisotopic (exact) mass is 631 g/mol. The summed E-state index contributed by atoms with van der Waals surface area (Å²) in [6, 6.07) is 31.9. The van der Waals surface area contributed by atoms with Crippen molar-refractivity contribution in [2.24, 2.45) is 5.92 Å². The first kappa shape index (κ1) is 33.2. The minimum absolute atomic E-state index is 0.118. The van der Waals surface area contributed by atoms with Gasteiger partial charge in [-0.25, -0.2) is 4.79 Å². The molecular weight excluding hydrogens is 590 g/mol. The molecule has 0 saturated heterocycles. The molecule has 0 spiro atoms. The fourth-order valence-corrected chi connectivity index (χ4v) is 5.60. The summed E-state index contributed by atoms with van der Waals surface area (Å²) in [4.78, 5) is 39.3. The molecular formula is C40H41NO6. The van der Waals surface area contributed by atoms with E-state index in [0.29, 0.717) is 54.4 Å². The third-order valence-corrected chi connectivity index (χ3v) is 7.83. The van der Waals surface area contributed by atoms with Gasteiger partial charge in [0.2, 0.25) is 6.10 Å². The number of ether oxygens (including phenoxy) is 3. The van der Waals surface area contributed by atoms with Gasteiger partial charge in [-0.05, 0) is 55.0 Å². The average molecular weight is 632 g/mol. The molecule has 5 aromatic rings. The summed E-state index contributed by atoms with van der Waals surface area (Å²) in [5.41, 5.74) is 4.61. The van der Waals surface area contributed by atoms with E-state index in [1.165, 1.54) is 5.56 Å². The number of rotatable bonds is 15. The van der Waals surface area contributed by atoms with Crippen molar-refractivity contribution in [2.45, 2.75) is 59.3 Å². The van der Waals surface area contributed by atoms with Gasteiger partial charge in [-0.15, -0.1) is 0 Å². The minimum Gasteiger partial charge on any atom is -0.474 e. The van der Waals surface area contributed by atoms with Crippen molar-refractivity contribution in [2.75, 3.05) is 6.61 Å². The first-order valence-electron chi connectivity index (χ1n) is 16.2. The van der Waals surface area contributed by atoms with Gasteiger partial charge < -0.3 is 18.8 Å². The normalized spacial score (nSPS) is 11.7. The van der Waals surface area contributed by atoms with Crippen LogP contribution in [0.3, 0.4) is 0 Å². The van der Waals surface area contributed by atoms with Crippen LogP contribution in [-0.4, -0.2) is 28.9 Å². The first-order chi connectivity index (χ1) is 22.8. The Bertz CT molecular complexity index is 1810. The van der Waals surface area contributed by atoms with Crippen LogP contribution in [0.15, 0.2) is 109 Å². The number of hydrogen-bond donors (Lipinski definition) is 0. The van der Waals surface area contributed by atoms with E-state index in [1.807, 2.05) is 89.6 Å². The van der Waals surface area contributed by atoms with Gasteiger partial charge in [-0.2, -0.15) is 0 Å². The lowest BCUT2D eigenvalue weighted by atomic mass is 10.00. The highest BCUT2D eigenvalue weighted by Gasteiger charge is 2.26. The quantitative estimate of drug-likeness (QED) is 0.0854. The molecule has 0 aliphatic carbocycles. The molecule has 1 atom stereocenters. The van der Waals surface area contributed by atoms with Crippen molar-refractivity contribution in [3.63, 3.8) is 0 Å². The second kappa shape index (κ2) is 15.9. The number of fused-ring (bicyclic) bond motifs is 1. The summed E-state index contributed by atoms with van der Waals surface area (Å²) in [6.07, 6.45) is 2.63. The molecule has 5 rings (SSSR count). The molecule has 0 radical (unpaired) electrons. The van der Waals surface area contributed by atoms with Crippen LogP contribution in [0, 0.1) is 5.92 Å². The van der Waals surface area contributed by atoms with Gasteiger partial charge in [0.25, 0.3) is 0 Å². The molecule has 7 nitrogen and oxygen atoms in total. The molecule has 0 N–H and O–H groups in total. The van der Waals surface area contributed by atoms with Gasteiger partial charge in [0.1, 0.15) is 12.4 Å². The highest BCUT2D eigenvalue weighted by Crippen LogP contribution is 2.29. The number of esters is 2. The molecule has 0 aliphatic heterocycles. The molecule has 47 heavy (non-hydrogen) atoms. The SMILES string of the molecule is CCOC(=O)CCCn1cc(C(=O)c2cccc(OC(C(=O)OCc3ccccc3)c3ccc(CC(C)C)cc3)c2)c2ccccc21. The summed E-state index contributed by atoms with van der Waals surface area (Å²) >= 11 is 0. The maximum absolute atomic E-state index is 13.9. The maximum atomic E-state index is 13.9. The zero-order chi connectivity index (χ0) is 33.2. The number of ketones is 1. The van der Waals surface area contributed by atoms with Crippen LogP contribution in [0.4, 0.5) is 0 Å². The molecule has 1 unspecified atom stereocenters. The summed E-state index contributed by atoms with van der Waals surface area (Å²) in [5, 5.41) is 0.823. The van der Waals surface area contributed by atoms with Crippen LogP contribution in [-0.2, 0) is 38.6 Å². The minimum atomic E-state index is -1.03. The van der Waals surface area contributed by atoms with E-state index in [9.17, 15) is 14.4 Å². The molecule has 0 amide bonds. The third-order valence-electron chi connectivity index (χ3n) is 7.83. The summed E-state index contributed by atoms with van der Waals surface area (Å²) in [5.74, 6) is -0.0412. The predicted octanol–water partition coefficient (Wildman–Crippen LogP) is 8.28. The Balaban J connectivity index is 1.38. The van der Waals surface area contributed by atoms with Crippen molar-refractivity contribution < 1.29 is 28.6 Å². The summed E-state index contributed by atoms with van der Waals surface area (Å²) < 4.78 is 19.1. The lowest BCUT2D eigenvalue weighted by Gasteiger charge is -2.19. The molecule has 0 bridgehead atoms. The Morgan fingerprint density at radius 3 is 2.28 bits per heavy atom. The smallest absolute Gasteiger partial charge is 0.352 e. The van der Waals surface area contributed by atoms with E-state index in [-0.39, 0.29) is 18.4 Å². The number of benzene rings is 4. The standard InChI is InChI=1S/C40H41NO6/c1-4-45-37(42)18-11-23-41-26-35(34-16-8-9-17-36(34)41)38(43)32-14-10-15-33(25-32)47-39(31-21-19-29(20-22-31)24-28(2)3)40(44)46-27-30-12-6-5-7-13-30/h5-10,12-17,19-22,25-26,28,39H,4,11,18,23-24,27H2,1-3H3. The van der Waals surface area contributed by atoms with E-state index < -0.39 is 12.1 Å². The van der Waals surface area contributed by atoms with Gasteiger partial charge >= 0.3 is 11.9 Å². The van der Waals surface area contributed by atoms with Crippen LogP contribution < -0.4 is 4.74 Å². The number of para-hydroxylation sites is 1. The Morgan fingerprint density at radius 2 is 1.53 bits per heavy atom. The van der Waals surface area contributed by atoms with Gasteiger partial charge in [-0.1, -0.05) is 98.8 Å². The average Bonchev–Trinajstić information content (AvgIpc) is 3.45. The molecule has 7 heteroatoms. The molecule has 242 valence electrons. The third kappa shape index (κ3) is 8.76. The topological polar surface area (TPSA) is 83.8 Å². The number of aromatic nitrogens is 1. The second-order valence-corrected chi connectivity index (χ2v) is 11.9. The number of carbonyl (C=O) groups is 3. The van der Waals surface area contributed by atoms with Crippen molar-refractivity contribution >= 4 is 28.6 Å².